The minimum absolute atomic E-state index is 0.325. The Morgan fingerprint density at radius 2 is 2.10 bits per heavy atom. The topological polar surface area (TPSA) is 118 Å². The number of aromatic nitrogens is 1. The van der Waals surface area contributed by atoms with Gasteiger partial charge in [0.1, 0.15) is 24.2 Å². The Morgan fingerprint density at radius 1 is 1.35 bits per heavy atom. The van der Waals surface area contributed by atoms with Gasteiger partial charge in [-0.2, -0.15) is 5.26 Å². The molecule has 0 saturated heterocycles. The number of carbonyl (C=O) groups is 1. The van der Waals surface area contributed by atoms with Crippen LogP contribution in [0.2, 0.25) is 0 Å². The maximum absolute atomic E-state index is 11.7. The number of nitriles is 1. The van der Waals surface area contributed by atoms with E-state index >= 15 is 0 Å². The number of carbonyl (C=O) groups excluding carboxylic acids is 1. The SMILES string of the molecule is CC(C)CC(C)(N)COc1ccc(-c2ccnc(N3C=CS[C@H]3C(N)=O)c2)cc1C#N. The predicted octanol–water partition coefficient (Wildman–Crippen LogP) is 3.60. The molecule has 162 valence electrons. The molecule has 7 nitrogen and oxygen atoms in total. The minimum Gasteiger partial charge on any atom is -0.490 e. The van der Waals surface area contributed by atoms with Gasteiger partial charge in [-0.05, 0) is 60.1 Å². The van der Waals surface area contributed by atoms with Crippen molar-refractivity contribution in [1.29, 1.82) is 5.26 Å². The highest BCUT2D eigenvalue weighted by Gasteiger charge is 2.27. The standard InChI is InChI=1S/C23H27N5O2S/c1-15(2)12-23(3,26)14-30-19-5-4-16(10-18(19)13-24)17-6-7-27-20(11-17)28-8-9-31-22(28)21(25)29/h4-11,15,22H,12,14,26H2,1-3H3,(H2,25,29)/t22-,23?/m0/s1. The zero-order valence-corrected chi connectivity index (χ0v) is 18.7. The Morgan fingerprint density at radius 3 is 2.77 bits per heavy atom. The summed E-state index contributed by atoms with van der Waals surface area (Å²) in [7, 11) is 0. The molecular formula is C23H27N5O2S. The molecule has 1 aromatic carbocycles. The molecule has 1 amide bonds. The van der Waals surface area contributed by atoms with Crippen LogP contribution < -0.4 is 21.1 Å². The molecule has 0 spiro atoms. The predicted molar refractivity (Wildman–Crippen MR) is 124 cm³/mol. The highest BCUT2D eigenvalue weighted by molar-refractivity contribution is 8.03. The Hall–Kier alpha value is -3.02. The van der Waals surface area contributed by atoms with Crippen molar-refractivity contribution in [1.82, 2.24) is 4.98 Å². The van der Waals surface area contributed by atoms with Gasteiger partial charge in [0, 0.05) is 17.9 Å². The first-order chi connectivity index (χ1) is 14.7. The van der Waals surface area contributed by atoms with Crippen molar-refractivity contribution in [2.24, 2.45) is 17.4 Å². The highest BCUT2D eigenvalue weighted by Crippen LogP contribution is 2.33. The number of nitrogens with two attached hydrogens (primary N) is 2. The van der Waals surface area contributed by atoms with Crippen molar-refractivity contribution in [2.75, 3.05) is 11.5 Å². The Labute approximate surface area is 187 Å². The van der Waals surface area contributed by atoms with Crippen LogP contribution in [-0.2, 0) is 4.79 Å². The third kappa shape index (κ3) is 5.57. The van der Waals surface area contributed by atoms with Gasteiger partial charge in [-0.1, -0.05) is 31.7 Å². The number of hydrogen-bond acceptors (Lipinski definition) is 7. The first-order valence-corrected chi connectivity index (χ1v) is 11.0. The van der Waals surface area contributed by atoms with Gasteiger partial charge in [0.2, 0.25) is 0 Å². The molecule has 0 radical (unpaired) electrons. The summed E-state index contributed by atoms with van der Waals surface area (Å²) in [6.45, 7) is 6.51. The molecule has 0 fully saturated rings. The molecular weight excluding hydrogens is 410 g/mol. The van der Waals surface area contributed by atoms with E-state index in [4.69, 9.17) is 16.2 Å². The lowest BCUT2D eigenvalue weighted by atomic mass is 9.93. The molecule has 31 heavy (non-hydrogen) atoms. The third-order valence-corrected chi connectivity index (χ3v) is 5.80. The molecule has 1 unspecified atom stereocenters. The number of rotatable bonds is 8. The highest BCUT2D eigenvalue weighted by atomic mass is 32.2. The van der Waals surface area contributed by atoms with Crippen molar-refractivity contribution in [3.05, 3.63) is 53.7 Å². The number of primary amides is 1. The van der Waals surface area contributed by atoms with Crippen LogP contribution in [0, 0.1) is 17.2 Å². The molecule has 2 aromatic rings. The van der Waals surface area contributed by atoms with Crippen LogP contribution in [0.3, 0.4) is 0 Å². The van der Waals surface area contributed by atoms with Gasteiger partial charge >= 0.3 is 0 Å². The number of ether oxygens (including phenoxy) is 1. The largest absolute Gasteiger partial charge is 0.490 e. The van der Waals surface area contributed by atoms with Crippen LogP contribution in [-0.4, -0.2) is 28.4 Å². The Bertz CT molecular complexity index is 1030. The van der Waals surface area contributed by atoms with Crippen LogP contribution in [0.5, 0.6) is 5.75 Å². The average Bonchev–Trinajstić information content (AvgIpc) is 3.22. The van der Waals surface area contributed by atoms with E-state index in [9.17, 15) is 10.1 Å². The number of hydrogen-bond donors (Lipinski definition) is 2. The molecule has 1 aromatic heterocycles. The van der Waals surface area contributed by atoms with Crippen molar-refractivity contribution in [3.8, 4) is 22.9 Å². The number of benzene rings is 1. The molecule has 0 bridgehead atoms. The summed E-state index contributed by atoms with van der Waals surface area (Å²) in [6, 6.07) is 11.4. The number of thioether (sulfide) groups is 1. The zero-order chi connectivity index (χ0) is 22.6. The monoisotopic (exact) mass is 437 g/mol. The van der Waals surface area contributed by atoms with Crippen LogP contribution in [0.25, 0.3) is 11.1 Å². The summed E-state index contributed by atoms with van der Waals surface area (Å²) in [6.07, 6.45) is 4.27. The second-order valence-corrected chi connectivity index (χ2v) is 9.34. The molecule has 1 aliphatic rings. The van der Waals surface area contributed by atoms with E-state index in [1.165, 1.54) is 11.8 Å². The van der Waals surface area contributed by atoms with E-state index in [1.54, 1.807) is 29.4 Å². The van der Waals surface area contributed by atoms with E-state index in [2.05, 4.69) is 24.9 Å². The van der Waals surface area contributed by atoms with E-state index in [1.807, 2.05) is 30.5 Å². The molecule has 0 saturated carbocycles. The number of anilines is 1. The van der Waals surface area contributed by atoms with Crippen molar-refractivity contribution in [2.45, 2.75) is 38.1 Å². The zero-order valence-electron chi connectivity index (χ0n) is 17.9. The van der Waals surface area contributed by atoms with Gasteiger partial charge < -0.3 is 21.1 Å². The minimum atomic E-state index is -0.524. The number of amides is 1. The van der Waals surface area contributed by atoms with E-state index in [-0.39, 0.29) is 0 Å². The fraction of sp³-hybridized carbons (Fsp3) is 0.348. The van der Waals surface area contributed by atoms with E-state index < -0.39 is 16.8 Å². The van der Waals surface area contributed by atoms with Gasteiger partial charge in [-0.25, -0.2) is 4.98 Å². The lowest BCUT2D eigenvalue weighted by Gasteiger charge is -2.27. The summed E-state index contributed by atoms with van der Waals surface area (Å²) in [5.41, 5.74) is 13.5. The van der Waals surface area contributed by atoms with Crippen LogP contribution in [0.4, 0.5) is 5.82 Å². The summed E-state index contributed by atoms with van der Waals surface area (Å²) in [5, 5.41) is 10.9. The van der Waals surface area contributed by atoms with Gasteiger partial charge in [0.05, 0.1) is 5.56 Å². The molecule has 8 heteroatoms. The molecule has 0 aliphatic carbocycles. The molecule has 1 aliphatic heterocycles. The van der Waals surface area contributed by atoms with Gasteiger partial charge in [0.15, 0.2) is 5.37 Å². The average molecular weight is 438 g/mol. The van der Waals surface area contributed by atoms with E-state index in [0.29, 0.717) is 29.7 Å². The van der Waals surface area contributed by atoms with Crippen LogP contribution >= 0.6 is 11.8 Å². The van der Waals surface area contributed by atoms with Crippen LogP contribution in [0.1, 0.15) is 32.8 Å². The lowest BCUT2D eigenvalue weighted by molar-refractivity contribution is -0.117. The quantitative estimate of drug-likeness (QED) is 0.648. The molecule has 3 rings (SSSR count). The first-order valence-electron chi connectivity index (χ1n) is 10.0. The molecule has 4 N–H and O–H groups in total. The van der Waals surface area contributed by atoms with Gasteiger partial charge in [-0.3, -0.25) is 4.79 Å². The number of pyridine rings is 1. The smallest absolute Gasteiger partial charge is 0.251 e. The molecule has 2 atom stereocenters. The maximum Gasteiger partial charge on any atom is 0.251 e. The number of nitrogens with zero attached hydrogens (tertiary/aromatic N) is 3. The van der Waals surface area contributed by atoms with Crippen molar-refractivity contribution in [3.63, 3.8) is 0 Å². The fourth-order valence-electron chi connectivity index (χ4n) is 3.62. The maximum atomic E-state index is 11.7. The van der Waals surface area contributed by atoms with Gasteiger partial charge in [0.25, 0.3) is 5.91 Å². The molecule has 2 heterocycles. The van der Waals surface area contributed by atoms with Crippen molar-refractivity contribution < 1.29 is 9.53 Å². The van der Waals surface area contributed by atoms with Gasteiger partial charge in [-0.15, -0.1) is 0 Å². The normalized spacial score (nSPS) is 17.4. The fourth-order valence-corrected chi connectivity index (χ4v) is 4.41. The second-order valence-electron chi connectivity index (χ2n) is 8.35. The second kappa shape index (κ2) is 9.41. The summed E-state index contributed by atoms with van der Waals surface area (Å²) in [4.78, 5) is 17.8. The first kappa shape index (κ1) is 22.7. The third-order valence-electron chi connectivity index (χ3n) is 4.80. The Balaban J connectivity index is 1.82. The van der Waals surface area contributed by atoms with E-state index in [0.717, 1.165) is 17.5 Å². The van der Waals surface area contributed by atoms with Crippen molar-refractivity contribution >= 4 is 23.5 Å². The Kier molecular flexibility index (Phi) is 6.88. The van der Waals surface area contributed by atoms with Crippen LogP contribution in [0.15, 0.2) is 48.1 Å². The lowest BCUT2D eigenvalue weighted by Crippen LogP contribution is -2.43. The summed E-state index contributed by atoms with van der Waals surface area (Å²) >= 11 is 1.33. The summed E-state index contributed by atoms with van der Waals surface area (Å²) in [5.74, 6) is 1.14. The summed E-state index contributed by atoms with van der Waals surface area (Å²) < 4.78 is 5.90.